The van der Waals surface area contributed by atoms with Gasteiger partial charge >= 0.3 is 5.97 Å². The fraction of sp³-hybridized carbons (Fsp3) is 0.0588. The van der Waals surface area contributed by atoms with Gasteiger partial charge < -0.3 is 9.52 Å². The summed E-state index contributed by atoms with van der Waals surface area (Å²) >= 11 is 0. The second kappa shape index (κ2) is 5.25. The second-order valence-electron chi connectivity index (χ2n) is 4.75. The lowest BCUT2D eigenvalue weighted by Gasteiger charge is -2.02. The molecule has 0 fully saturated rings. The second-order valence-corrected chi connectivity index (χ2v) is 4.75. The van der Waals surface area contributed by atoms with E-state index in [1.165, 1.54) is 12.1 Å². The monoisotopic (exact) mass is 280 g/mol. The summed E-state index contributed by atoms with van der Waals surface area (Å²) in [6.45, 7) is 0. The maximum Gasteiger partial charge on any atom is 0.371 e. The Kier molecular flexibility index (Phi) is 3.28. The number of carboxylic acid groups (broad SMARTS) is 1. The molecule has 0 spiro atoms. The third-order valence-electron chi connectivity index (χ3n) is 3.27. The van der Waals surface area contributed by atoms with Gasteiger partial charge in [0, 0.05) is 6.42 Å². The summed E-state index contributed by atoms with van der Waals surface area (Å²) in [5.41, 5.74) is 0.868. The third-order valence-corrected chi connectivity index (χ3v) is 3.27. The zero-order chi connectivity index (χ0) is 14.8. The van der Waals surface area contributed by atoms with Crippen LogP contribution >= 0.6 is 0 Å². The molecule has 0 aliphatic carbocycles. The van der Waals surface area contributed by atoms with Crippen molar-refractivity contribution in [1.82, 2.24) is 0 Å². The van der Waals surface area contributed by atoms with Crippen molar-refractivity contribution in [2.75, 3.05) is 0 Å². The molecule has 0 unspecified atom stereocenters. The zero-order valence-corrected chi connectivity index (χ0v) is 11.1. The van der Waals surface area contributed by atoms with E-state index in [1.54, 1.807) is 0 Å². The molecule has 0 saturated heterocycles. The van der Waals surface area contributed by atoms with Gasteiger partial charge in [-0.05, 0) is 28.5 Å². The zero-order valence-electron chi connectivity index (χ0n) is 11.1. The lowest BCUT2D eigenvalue weighted by molar-refractivity contribution is 0.0660. The quantitative estimate of drug-likeness (QED) is 0.742. The number of Topliss-reactive ketones (excluding diaryl/α,β-unsaturated/α-hetero) is 1. The van der Waals surface area contributed by atoms with Crippen molar-refractivity contribution in [2.24, 2.45) is 0 Å². The van der Waals surface area contributed by atoms with Crippen LogP contribution < -0.4 is 0 Å². The van der Waals surface area contributed by atoms with E-state index in [0.717, 1.165) is 16.3 Å². The molecule has 21 heavy (non-hydrogen) atoms. The number of aromatic carboxylic acids is 1. The molecular formula is C17H12O4. The van der Waals surface area contributed by atoms with Crippen LogP contribution in [0, 0.1) is 0 Å². The number of benzene rings is 2. The molecule has 0 aliphatic heterocycles. The average molecular weight is 280 g/mol. The molecule has 104 valence electrons. The Hall–Kier alpha value is -2.88. The van der Waals surface area contributed by atoms with Gasteiger partial charge in [-0.25, -0.2) is 4.79 Å². The molecule has 0 atom stereocenters. The minimum Gasteiger partial charge on any atom is -0.475 e. The van der Waals surface area contributed by atoms with Gasteiger partial charge in [-0.3, -0.25) is 4.79 Å². The Balaban J connectivity index is 1.83. The van der Waals surface area contributed by atoms with Gasteiger partial charge in [0.2, 0.25) is 11.5 Å². The highest BCUT2D eigenvalue weighted by molar-refractivity contribution is 5.97. The molecular weight excluding hydrogens is 268 g/mol. The van der Waals surface area contributed by atoms with Crippen molar-refractivity contribution in [2.45, 2.75) is 6.42 Å². The molecule has 3 rings (SSSR count). The highest BCUT2D eigenvalue weighted by Gasteiger charge is 2.15. The van der Waals surface area contributed by atoms with Crippen molar-refractivity contribution in [1.29, 1.82) is 0 Å². The first-order valence-electron chi connectivity index (χ1n) is 6.47. The normalized spacial score (nSPS) is 10.7. The van der Waals surface area contributed by atoms with Crippen LogP contribution in [0.4, 0.5) is 0 Å². The lowest BCUT2D eigenvalue weighted by Crippen LogP contribution is -2.02. The van der Waals surface area contributed by atoms with Crippen LogP contribution in [-0.4, -0.2) is 16.9 Å². The lowest BCUT2D eigenvalue weighted by atomic mass is 10.0. The molecule has 0 amide bonds. The molecule has 4 heteroatoms. The highest BCUT2D eigenvalue weighted by Crippen LogP contribution is 2.18. The SMILES string of the molecule is O=C(O)c1ccc(C(=O)Cc2ccc3ccccc3c2)o1. The maximum atomic E-state index is 12.1. The van der Waals surface area contributed by atoms with Crippen LogP contribution in [0.3, 0.4) is 0 Å². The summed E-state index contributed by atoms with van der Waals surface area (Å²) in [7, 11) is 0. The van der Waals surface area contributed by atoms with Gasteiger partial charge in [-0.2, -0.15) is 0 Å². The molecule has 0 saturated carbocycles. The summed E-state index contributed by atoms with van der Waals surface area (Å²) in [6.07, 6.45) is 0.178. The van der Waals surface area contributed by atoms with E-state index in [2.05, 4.69) is 0 Å². The van der Waals surface area contributed by atoms with E-state index in [0.29, 0.717) is 0 Å². The van der Waals surface area contributed by atoms with E-state index in [1.807, 2.05) is 42.5 Å². The van der Waals surface area contributed by atoms with Crippen LogP contribution in [0.15, 0.2) is 59.0 Å². The number of ketones is 1. The van der Waals surface area contributed by atoms with Crippen molar-refractivity contribution >= 4 is 22.5 Å². The topological polar surface area (TPSA) is 67.5 Å². The summed E-state index contributed by atoms with van der Waals surface area (Å²) in [4.78, 5) is 22.8. The third kappa shape index (κ3) is 2.69. The van der Waals surface area contributed by atoms with Crippen LogP contribution in [0.5, 0.6) is 0 Å². The van der Waals surface area contributed by atoms with Crippen molar-refractivity contribution in [3.8, 4) is 0 Å². The summed E-state index contributed by atoms with van der Waals surface area (Å²) in [5, 5.41) is 11.0. The van der Waals surface area contributed by atoms with E-state index in [-0.39, 0.29) is 23.7 Å². The molecule has 1 N–H and O–H groups in total. The molecule has 4 nitrogen and oxygen atoms in total. The molecule has 3 aromatic rings. The van der Waals surface area contributed by atoms with Crippen molar-refractivity contribution in [3.05, 3.63) is 71.7 Å². The van der Waals surface area contributed by atoms with E-state index in [9.17, 15) is 9.59 Å². The van der Waals surface area contributed by atoms with Gasteiger partial charge in [0.1, 0.15) is 0 Å². The number of hydrogen-bond donors (Lipinski definition) is 1. The molecule has 1 heterocycles. The van der Waals surface area contributed by atoms with E-state index >= 15 is 0 Å². The first kappa shape index (κ1) is 13.1. The molecule has 0 bridgehead atoms. The van der Waals surface area contributed by atoms with Crippen molar-refractivity contribution < 1.29 is 19.1 Å². The largest absolute Gasteiger partial charge is 0.475 e. The van der Waals surface area contributed by atoms with Crippen LogP contribution in [0.2, 0.25) is 0 Å². The molecule has 2 aromatic carbocycles. The number of rotatable bonds is 4. The summed E-state index contributed by atoms with van der Waals surface area (Å²) in [6, 6.07) is 16.4. The Morgan fingerprint density at radius 3 is 2.33 bits per heavy atom. The predicted octanol–water partition coefficient (Wildman–Crippen LogP) is 3.56. The van der Waals surface area contributed by atoms with Gasteiger partial charge in [0.15, 0.2) is 5.76 Å². The Labute approximate surface area is 120 Å². The minimum atomic E-state index is -1.18. The fourth-order valence-electron chi connectivity index (χ4n) is 2.22. The fourth-order valence-corrected chi connectivity index (χ4v) is 2.22. The molecule has 1 aromatic heterocycles. The number of carbonyl (C=O) groups excluding carboxylic acids is 1. The number of fused-ring (bicyclic) bond motifs is 1. The summed E-state index contributed by atoms with van der Waals surface area (Å²) in [5.74, 6) is -1.57. The number of hydrogen-bond acceptors (Lipinski definition) is 3. The number of carbonyl (C=O) groups is 2. The smallest absolute Gasteiger partial charge is 0.371 e. The predicted molar refractivity (Wildman–Crippen MR) is 77.6 cm³/mol. The first-order valence-corrected chi connectivity index (χ1v) is 6.47. The van der Waals surface area contributed by atoms with Crippen LogP contribution in [0.25, 0.3) is 10.8 Å². The number of carboxylic acids is 1. The Morgan fingerprint density at radius 1 is 0.905 bits per heavy atom. The Morgan fingerprint density at radius 2 is 1.62 bits per heavy atom. The maximum absolute atomic E-state index is 12.1. The standard InChI is InChI=1S/C17H12O4/c18-14(15-7-8-16(21-15)17(19)20)10-11-5-6-12-3-1-2-4-13(12)9-11/h1-9H,10H2,(H,19,20). The van der Waals surface area contributed by atoms with Gasteiger partial charge in [-0.1, -0.05) is 42.5 Å². The van der Waals surface area contributed by atoms with Gasteiger partial charge in [-0.15, -0.1) is 0 Å². The molecule has 0 radical (unpaired) electrons. The molecule has 0 aliphatic rings. The van der Waals surface area contributed by atoms with Gasteiger partial charge in [0.25, 0.3) is 0 Å². The van der Waals surface area contributed by atoms with Crippen LogP contribution in [0.1, 0.15) is 26.7 Å². The van der Waals surface area contributed by atoms with Gasteiger partial charge in [0.05, 0.1) is 0 Å². The highest BCUT2D eigenvalue weighted by atomic mass is 16.4. The van der Waals surface area contributed by atoms with Crippen LogP contribution in [-0.2, 0) is 6.42 Å². The number of furan rings is 1. The summed E-state index contributed by atoms with van der Waals surface area (Å²) < 4.78 is 5.02. The first-order chi connectivity index (χ1) is 10.1. The minimum absolute atomic E-state index is 0.0700. The van der Waals surface area contributed by atoms with Crippen molar-refractivity contribution in [3.63, 3.8) is 0 Å². The average Bonchev–Trinajstić information content (AvgIpc) is 2.97. The Bertz CT molecular complexity index is 829. The van der Waals surface area contributed by atoms with E-state index < -0.39 is 5.97 Å². The van der Waals surface area contributed by atoms with E-state index in [4.69, 9.17) is 9.52 Å².